The lowest BCUT2D eigenvalue weighted by Gasteiger charge is -2.23. The van der Waals surface area contributed by atoms with Crippen molar-refractivity contribution < 1.29 is 19.1 Å². The molecular weight excluding hydrogens is 422 g/mol. The summed E-state index contributed by atoms with van der Waals surface area (Å²) in [5.41, 5.74) is 1.45. The number of rotatable bonds is 7. The average molecular weight is 452 g/mol. The van der Waals surface area contributed by atoms with Crippen molar-refractivity contribution in [2.75, 3.05) is 7.11 Å². The monoisotopic (exact) mass is 451 g/mol. The predicted octanol–water partition coefficient (Wildman–Crippen LogP) is 3.17. The molecule has 1 unspecified atom stereocenters. The molecule has 33 heavy (non-hydrogen) atoms. The number of fused-ring (bicyclic) bond motifs is 1. The van der Waals surface area contributed by atoms with Gasteiger partial charge in [-0.1, -0.05) is 12.1 Å². The molecular formula is C25H29N3O5. The number of esters is 1. The maximum atomic E-state index is 13.3. The summed E-state index contributed by atoms with van der Waals surface area (Å²) in [6.07, 6.45) is -0.917. The predicted molar refractivity (Wildman–Crippen MR) is 126 cm³/mol. The van der Waals surface area contributed by atoms with E-state index >= 15 is 0 Å². The van der Waals surface area contributed by atoms with Crippen molar-refractivity contribution in [2.24, 2.45) is 0 Å². The molecule has 3 aromatic rings. The van der Waals surface area contributed by atoms with Crippen molar-refractivity contribution in [3.05, 3.63) is 64.6 Å². The van der Waals surface area contributed by atoms with Gasteiger partial charge in [-0.3, -0.25) is 19.0 Å². The number of aromatic nitrogens is 2. The molecule has 1 aromatic heterocycles. The zero-order chi connectivity index (χ0) is 24.2. The first kappa shape index (κ1) is 24.0. The number of aryl methyl sites for hydroxylation is 1. The summed E-state index contributed by atoms with van der Waals surface area (Å²) in [4.78, 5) is 42.3. The molecule has 0 aliphatic heterocycles. The third-order valence-corrected chi connectivity index (χ3v) is 4.90. The quantitative estimate of drug-likeness (QED) is 0.554. The second-order valence-electron chi connectivity index (χ2n) is 8.76. The summed E-state index contributed by atoms with van der Waals surface area (Å²) in [7, 11) is 1.58. The number of nitrogens with zero attached hydrogens (tertiary/aromatic N) is 2. The minimum atomic E-state index is -0.933. The van der Waals surface area contributed by atoms with Gasteiger partial charge in [-0.05, 0) is 64.1 Å². The second-order valence-corrected chi connectivity index (χ2v) is 8.76. The van der Waals surface area contributed by atoms with E-state index in [0.717, 1.165) is 0 Å². The molecule has 0 fully saturated rings. The van der Waals surface area contributed by atoms with Gasteiger partial charge in [0.2, 0.25) is 0 Å². The van der Waals surface area contributed by atoms with E-state index in [0.29, 0.717) is 22.5 Å². The van der Waals surface area contributed by atoms with Crippen LogP contribution in [0.2, 0.25) is 0 Å². The number of carbonyl (C=O) groups excluding carboxylic acids is 2. The van der Waals surface area contributed by atoms with Gasteiger partial charge >= 0.3 is 5.97 Å². The average Bonchev–Trinajstić information content (AvgIpc) is 2.76. The van der Waals surface area contributed by atoms with Crippen LogP contribution < -0.4 is 15.6 Å². The molecule has 3 rings (SSSR count). The van der Waals surface area contributed by atoms with E-state index in [1.807, 2.05) is 45.0 Å². The van der Waals surface area contributed by atoms with E-state index in [1.54, 1.807) is 35.9 Å². The number of hydrogen-bond acceptors (Lipinski definition) is 6. The number of nitrogens with one attached hydrogen (secondary N) is 1. The Labute approximate surface area is 192 Å². The van der Waals surface area contributed by atoms with Crippen LogP contribution in [-0.2, 0) is 20.7 Å². The van der Waals surface area contributed by atoms with Crippen LogP contribution in [0, 0.1) is 0 Å². The van der Waals surface area contributed by atoms with E-state index in [1.165, 1.54) is 6.92 Å². The van der Waals surface area contributed by atoms with Crippen molar-refractivity contribution in [1.29, 1.82) is 0 Å². The van der Waals surface area contributed by atoms with Crippen molar-refractivity contribution in [1.82, 2.24) is 14.9 Å². The van der Waals surface area contributed by atoms with E-state index < -0.39 is 17.6 Å². The normalized spacial score (nSPS) is 12.3. The van der Waals surface area contributed by atoms with Crippen molar-refractivity contribution in [3.8, 4) is 11.4 Å². The molecule has 1 amide bonds. The number of hydrogen-bond donors (Lipinski definition) is 1. The molecule has 1 atom stereocenters. The van der Waals surface area contributed by atoms with E-state index in [9.17, 15) is 14.4 Å². The van der Waals surface area contributed by atoms with Gasteiger partial charge in [0.25, 0.3) is 11.5 Å². The second kappa shape index (κ2) is 9.85. The van der Waals surface area contributed by atoms with E-state index in [2.05, 4.69) is 10.3 Å². The molecule has 0 saturated carbocycles. The van der Waals surface area contributed by atoms with Crippen molar-refractivity contribution >= 4 is 22.9 Å². The van der Waals surface area contributed by atoms with Gasteiger partial charge in [-0.15, -0.1) is 0 Å². The minimum absolute atomic E-state index is 0.0731. The molecule has 8 heteroatoms. The van der Waals surface area contributed by atoms with Crippen molar-refractivity contribution in [3.63, 3.8) is 0 Å². The first-order valence-electron chi connectivity index (χ1n) is 10.8. The van der Waals surface area contributed by atoms with Crippen LogP contribution in [0.4, 0.5) is 0 Å². The zero-order valence-corrected chi connectivity index (χ0v) is 19.5. The van der Waals surface area contributed by atoms with Gasteiger partial charge < -0.3 is 14.8 Å². The Balaban J connectivity index is 1.82. The molecule has 1 N–H and O–H groups in total. The smallest absolute Gasteiger partial charge is 0.306 e. The van der Waals surface area contributed by atoms with Crippen LogP contribution in [0.5, 0.6) is 5.75 Å². The minimum Gasteiger partial charge on any atom is -0.497 e. The van der Waals surface area contributed by atoms with Crippen LogP contribution in [-0.4, -0.2) is 40.2 Å². The Kier molecular flexibility index (Phi) is 7.16. The maximum absolute atomic E-state index is 13.3. The van der Waals surface area contributed by atoms with Crippen LogP contribution >= 0.6 is 0 Å². The molecule has 2 aromatic carbocycles. The summed E-state index contributed by atoms with van der Waals surface area (Å²) >= 11 is 0. The Morgan fingerprint density at radius 1 is 1.09 bits per heavy atom. The summed E-state index contributed by atoms with van der Waals surface area (Å²) in [5.74, 6) is -0.267. The van der Waals surface area contributed by atoms with Gasteiger partial charge in [0.1, 0.15) is 11.4 Å². The van der Waals surface area contributed by atoms with Crippen LogP contribution in [0.1, 0.15) is 39.8 Å². The molecule has 0 aliphatic carbocycles. The largest absolute Gasteiger partial charge is 0.497 e. The summed E-state index contributed by atoms with van der Waals surface area (Å²) in [6, 6.07) is 14.4. The van der Waals surface area contributed by atoms with E-state index in [-0.39, 0.29) is 30.0 Å². The molecule has 1 heterocycles. The van der Waals surface area contributed by atoms with Crippen LogP contribution in [0.15, 0.2) is 53.3 Å². The van der Waals surface area contributed by atoms with Gasteiger partial charge in [0.15, 0.2) is 6.10 Å². The highest BCUT2D eigenvalue weighted by atomic mass is 16.5. The summed E-state index contributed by atoms with van der Waals surface area (Å²) in [5, 5.41) is 2.77. The lowest BCUT2D eigenvalue weighted by molar-refractivity contribution is -0.155. The maximum Gasteiger partial charge on any atom is 0.306 e. The SMILES string of the molecule is COc1ccc(-n2c(=O)c(CCC(=O)OC(C)C(=O)NC(C)(C)C)nc3ccccc32)cc1. The Morgan fingerprint density at radius 3 is 2.39 bits per heavy atom. The Hall–Kier alpha value is -3.68. The fourth-order valence-electron chi connectivity index (χ4n) is 3.33. The number of benzene rings is 2. The Morgan fingerprint density at radius 2 is 1.76 bits per heavy atom. The lowest BCUT2D eigenvalue weighted by Crippen LogP contribution is -2.46. The highest BCUT2D eigenvalue weighted by Gasteiger charge is 2.22. The first-order chi connectivity index (χ1) is 15.6. The third-order valence-electron chi connectivity index (χ3n) is 4.90. The number of ether oxygens (including phenoxy) is 2. The number of carbonyl (C=O) groups is 2. The topological polar surface area (TPSA) is 99.5 Å². The van der Waals surface area contributed by atoms with Gasteiger partial charge in [-0.25, -0.2) is 4.98 Å². The molecule has 0 saturated heterocycles. The molecule has 0 bridgehead atoms. The standard InChI is InChI=1S/C25H29N3O5/c1-16(23(30)27-25(2,3)4)33-22(29)15-14-20-24(31)28(17-10-12-18(32-5)13-11-17)21-9-7-6-8-19(21)26-20/h6-13,16H,14-15H2,1-5H3,(H,27,30). The van der Waals surface area contributed by atoms with Crippen LogP contribution in [0.25, 0.3) is 16.7 Å². The molecule has 174 valence electrons. The molecule has 8 nitrogen and oxygen atoms in total. The summed E-state index contributed by atoms with van der Waals surface area (Å²) in [6.45, 7) is 7.06. The molecule has 0 radical (unpaired) electrons. The summed E-state index contributed by atoms with van der Waals surface area (Å²) < 4.78 is 12.0. The van der Waals surface area contributed by atoms with Gasteiger partial charge in [0, 0.05) is 17.6 Å². The molecule has 0 aliphatic rings. The highest BCUT2D eigenvalue weighted by molar-refractivity contribution is 5.84. The van der Waals surface area contributed by atoms with Crippen molar-refractivity contribution in [2.45, 2.75) is 52.2 Å². The fraction of sp³-hybridized carbons (Fsp3) is 0.360. The Bertz CT molecular complexity index is 1210. The third kappa shape index (κ3) is 5.97. The van der Waals surface area contributed by atoms with E-state index in [4.69, 9.17) is 9.47 Å². The number of amides is 1. The highest BCUT2D eigenvalue weighted by Crippen LogP contribution is 2.19. The van der Waals surface area contributed by atoms with Crippen LogP contribution in [0.3, 0.4) is 0 Å². The fourth-order valence-corrected chi connectivity index (χ4v) is 3.33. The molecule has 0 spiro atoms. The number of methoxy groups -OCH3 is 1. The lowest BCUT2D eigenvalue weighted by atomic mass is 10.1. The van der Waals surface area contributed by atoms with Gasteiger partial charge in [0.05, 0.1) is 24.6 Å². The van der Waals surface area contributed by atoms with Gasteiger partial charge in [-0.2, -0.15) is 0 Å². The zero-order valence-electron chi connectivity index (χ0n) is 19.5. The number of para-hydroxylation sites is 2. The first-order valence-corrected chi connectivity index (χ1v) is 10.8.